The SMILES string of the molecule is Cc1ccc(C#CCN)cc1NS(=O)(=O)CC1CC1. The number of hydrogen-bond donors (Lipinski definition) is 2. The molecule has 0 aromatic heterocycles. The van der Waals surface area contributed by atoms with Gasteiger partial charge in [-0.15, -0.1) is 0 Å². The van der Waals surface area contributed by atoms with E-state index in [1.165, 1.54) is 0 Å². The van der Waals surface area contributed by atoms with Crippen molar-refractivity contribution in [3.05, 3.63) is 29.3 Å². The number of benzene rings is 1. The number of aryl methyl sites for hydroxylation is 1. The molecule has 0 bridgehead atoms. The Bertz CT molecular complexity index is 623. The smallest absolute Gasteiger partial charge is 0.233 e. The molecule has 0 saturated heterocycles. The number of nitrogens with one attached hydrogen (secondary N) is 1. The molecule has 0 aliphatic heterocycles. The predicted octanol–water partition coefficient (Wildman–Crippen LogP) is 1.46. The highest BCUT2D eigenvalue weighted by atomic mass is 32.2. The van der Waals surface area contributed by atoms with Crippen LogP contribution in [-0.2, 0) is 10.0 Å². The van der Waals surface area contributed by atoms with Crippen LogP contribution < -0.4 is 10.5 Å². The van der Waals surface area contributed by atoms with Crippen molar-refractivity contribution >= 4 is 15.7 Å². The molecular formula is C14H18N2O2S. The third-order valence-corrected chi connectivity index (χ3v) is 4.43. The van der Waals surface area contributed by atoms with Crippen LogP contribution in [0, 0.1) is 24.7 Å². The summed E-state index contributed by atoms with van der Waals surface area (Å²) in [5, 5.41) is 0. The topological polar surface area (TPSA) is 72.2 Å². The zero-order chi connectivity index (χ0) is 13.9. The van der Waals surface area contributed by atoms with Gasteiger partial charge in [-0.3, -0.25) is 4.72 Å². The van der Waals surface area contributed by atoms with Crippen LogP contribution in [0.4, 0.5) is 5.69 Å². The highest BCUT2D eigenvalue weighted by Crippen LogP contribution is 2.31. The first kappa shape index (κ1) is 13.9. The van der Waals surface area contributed by atoms with E-state index < -0.39 is 10.0 Å². The average molecular weight is 278 g/mol. The molecule has 5 heteroatoms. The van der Waals surface area contributed by atoms with Crippen LogP contribution in [0.25, 0.3) is 0 Å². The van der Waals surface area contributed by atoms with E-state index in [2.05, 4.69) is 16.6 Å². The maximum Gasteiger partial charge on any atom is 0.233 e. The first-order chi connectivity index (χ1) is 9.00. The second kappa shape index (κ2) is 5.64. The van der Waals surface area contributed by atoms with E-state index >= 15 is 0 Å². The molecule has 1 saturated carbocycles. The maximum atomic E-state index is 12.0. The highest BCUT2D eigenvalue weighted by molar-refractivity contribution is 7.92. The Morgan fingerprint density at radius 2 is 2.16 bits per heavy atom. The maximum absolute atomic E-state index is 12.0. The second-order valence-corrected chi connectivity index (χ2v) is 6.63. The molecule has 1 aromatic rings. The third-order valence-electron chi connectivity index (χ3n) is 2.99. The van der Waals surface area contributed by atoms with E-state index in [0.29, 0.717) is 11.6 Å². The molecule has 2 rings (SSSR count). The molecule has 102 valence electrons. The Morgan fingerprint density at radius 3 is 2.79 bits per heavy atom. The van der Waals surface area contributed by atoms with Gasteiger partial charge >= 0.3 is 0 Å². The quantitative estimate of drug-likeness (QED) is 0.819. The fraction of sp³-hybridized carbons (Fsp3) is 0.429. The molecule has 19 heavy (non-hydrogen) atoms. The Kier molecular flexibility index (Phi) is 4.13. The molecule has 1 aliphatic rings. The van der Waals surface area contributed by atoms with Gasteiger partial charge in [0, 0.05) is 5.56 Å². The Labute approximate surface area is 114 Å². The van der Waals surface area contributed by atoms with Gasteiger partial charge in [-0.05, 0) is 43.4 Å². The van der Waals surface area contributed by atoms with Gasteiger partial charge in [-0.2, -0.15) is 0 Å². The second-order valence-electron chi connectivity index (χ2n) is 4.86. The van der Waals surface area contributed by atoms with Crippen LogP contribution in [0.5, 0.6) is 0 Å². The van der Waals surface area contributed by atoms with Crippen LogP contribution in [0.2, 0.25) is 0 Å². The lowest BCUT2D eigenvalue weighted by molar-refractivity contribution is 0.597. The van der Waals surface area contributed by atoms with Gasteiger partial charge in [0.15, 0.2) is 0 Å². The van der Waals surface area contributed by atoms with Crippen LogP contribution in [0.15, 0.2) is 18.2 Å². The minimum Gasteiger partial charge on any atom is -0.320 e. The van der Waals surface area contributed by atoms with Gasteiger partial charge in [0.25, 0.3) is 0 Å². The molecule has 0 spiro atoms. The fourth-order valence-corrected chi connectivity index (χ4v) is 3.36. The summed E-state index contributed by atoms with van der Waals surface area (Å²) < 4.78 is 26.6. The van der Waals surface area contributed by atoms with Crippen LogP contribution in [0.3, 0.4) is 0 Å². The van der Waals surface area contributed by atoms with Gasteiger partial charge in [0.2, 0.25) is 10.0 Å². The molecule has 0 atom stereocenters. The van der Waals surface area contributed by atoms with Crippen molar-refractivity contribution in [2.45, 2.75) is 19.8 Å². The van der Waals surface area contributed by atoms with Crippen molar-refractivity contribution in [1.82, 2.24) is 0 Å². The van der Waals surface area contributed by atoms with E-state index in [1.54, 1.807) is 6.07 Å². The lowest BCUT2D eigenvalue weighted by Crippen LogP contribution is -2.18. The lowest BCUT2D eigenvalue weighted by atomic mass is 10.1. The van der Waals surface area contributed by atoms with Crippen molar-refractivity contribution in [2.24, 2.45) is 11.7 Å². The molecule has 0 amide bonds. The Morgan fingerprint density at radius 1 is 1.42 bits per heavy atom. The number of anilines is 1. The van der Waals surface area contributed by atoms with Crippen LogP contribution in [-0.4, -0.2) is 20.7 Å². The van der Waals surface area contributed by atoms with Gasteiger partial charge in [0.05, 0.1) is 18.0 Å². The molecule has 4 nitrogen and oxygen atoms in total. The summed E-state index contributed by atoms with van der Waals surface area (Å²) >= 11 is 0. The van der Waals surface area contributed by atoms with Crippen molar-refractivity contribution in [2.75, 3.05) is 17.0 Å². The number of rotatable bonds is 4. The van der Waals surface area contributed by atoms with Crippen LogP contribution in [0.1, 0.15) is 24.0 Å². The van der Waals surface area contributed by atoms with Gasteiger partial charge in [-0.25, -0.2) is 8.42 Å². The van der Waals surface area contributed by atoms with E-state index in [1.807, 2.05) is 19.1 Å². The van der Waals surface area contributed by atoms with E-state index in [9.17, 15) is 8.42 Å². The number of nitrogens with two attached hydrogens (primary N) is 1. The van der Waals surface area contributed by atoms with Crippen LogP contribution >= 0.6 is 0 Å². The molecule has 1 aliphatic carbocycles. The standard InChI is InChI=1S/C14H18N2O2S/c1-11-4-5-12(3-2-8-15)9-14(11)16-19(17,18)10-13-6-7-13/h4-5,9,13,16H,6-8,10,15H2,1H3. The zero-order valence-corrected chi connectivity index (χ0v) is 11.8. The van der Waals surface area contributed by atoms with Gasteiger partial charge in [-0.1, -0.05) is 17.9 Å². The summed E-state index contributed by atoms with van der Waals surface area (Å²) in [5.41, 5.74) is 7.57. The fourth-order valence-electron chi connectivity index (χ4n) is 1.77. The zero-order valence-electron chi connectivity index (χ0n) is 10.9. The Balaban J connectivity index is 2.18. The summed E-state index contributed by atoms with van der Waals surface area (Å²) in [6.45, 7) is 2.16. The van der Waals surface area contributed by atoms with E-state index in [4.69, 9.17) is 5.73 Å². The number of sulfonamides is 1. The van der Waals surface area contributed by atoms with Gasteiger partial charge in [0.1, 0.15) is 0 Å². The molecule has 0 radical (unpaired) electrons. The molecule has 0 unspecified atom stereocenters. The van der Waals surface area contributed by atoms with Crippen molar-refractivity contribution in [1.29, 1.82) is 0 Å². The van der Waals surface area contributed by atoms with Crippen molar-refractivity contribution in [3.63, 3.8) is 0 Å². The van der Waals surface area contributed by atoms with E-state index in [0.717, 1.165) is 24.0 Å². The van der Waals surface area contributed by atoms with Gasteiger partial charge < -0.3 is 5.73 Å². The Hall–Kier alpha value is -1.51. The highest BCUT2D eigenvalue weighted by Gasteiger charge is 2.28. The van der Waals surface area contributed by atoms with Crippen molar-refractivity contribution < 1.29 is 8.42 Å². The molecule has 1 aromatic carbocycles. The minimum absolute atomic E-state index is 0.213. The summed E-state index contributed by atoms with van der Waals surface area (Å²) in [6, 6.07) is 5.47. The number of hydrogen-bond acceptors (Lipinski definition) is 3. The summed E-state index contributed by atoms with van der Waals surface area (Å²) in [4.78, 5) is 0. The lowest BCUT2D eigenvalue weighted by Gasteiger charge is -2.10. The molecule has 1 fully saturated rings. The largest absolute Gasteiger partial charge is 0.320 e. The van der Waals surface area contributed by atoms with E-state index in [-0.39, 0.29) is 12.3 Å². The first-order valence-electron chi connectivity index (χ1n) is 6.30. The minimum atomic E-state index is -3.25. The normalized spacial score (nSPS) is 14.6. The first-order valence-corrected chi connectivity index (χ1v) is 7.95. The molecular weight excluding hydrogens is 260 g/mol. The monoisotopic (exact) mass is 278 g/mol. The predicted molar refractivity (Wildman–Crippen MR) is 77.2 cm³/mol. The van der Waals surface area contributed by atoms with Crippen molar-refractivity contribution in [3.8, 4) is 11.8 Å². The summed E-state index contributed by atoms with van der Waals surface area (Å²) in [6.07, 6.45) is 2.03. The summed E-state index contributed by atoms with van der Waals surface area (Å²) in [7, 11) is -3.25. The molecule has 0 heterocycles. The third kappa shape index (κ3) is 4.27. The molecule has 3 N–H and O–H groups in total. The summed E-state index contributed by atoms with van der Waals surface area (Å²) in [5.74, 6) is 6.20. The average Bonchev–Trinajstić information content (AvgIpc) is 3.13.